The van der Waals surface area contributed by atoms with E-state index >= 15 is 0 Å². The summed E-state index contributed by atoms with van der Waals surface area (Å²) in [6, 6.07) is 7.72. The minimum absolute atomic E-state index is 0.119. The normalized spacial score (nSPS) is 24.1. The van der Waals surface area contributed by atoms with Gasteiger partial charge >= 0.3 is 0 Å². The lowest BCUT2D eigenvalue weighted by atomic mass is 9.95. The number of nitrogens with zero attached hydrogens (tertiary/aromatic N) is 1. The third-order valence-corrected chi connectivity index (χ3v) is 4.52. The Bertz CT molecular complexity index is 436. The first kappa shape index (κ1) is 13.8. The molecule has 4 heteroatoms. The Morgan fingerprint density at radius 2 is 2.17 bits per heavy atom. The zero-order valence-electron chi connectivity index (χ0n) is 10.7. The van der Waals surface area contributed by atoms with Crippen molar-refractivity contribution in [3.63, 3.8) is 0 Å². The fraction of sp³-hybridized carbons (Fsp3) is 0.500. The smallest absolute Gasteiger partial charge is 0.255 e. The molecule has 1 heterocycles. The molecular weight excluding hydrogens is 341 g/mol. The van der Waals surface area contributed by atoms with E-state index in [-0.39, 0.29) is 12.0 Å². The van der Waals surface area contributed by atoms with Crippen LogP contribution < -0.4 is 0 Å². The van der Waals surface area contributed by atoms with Gasteiger partial charge in [-0.3, -0.25) is 4.79 Å². The van der Waals surface area contributed by atoms with Crippen LogP contribution in [0.5, 0.6) is 0 Å². The van der Waals surface area contributed by atoms with E-state index < -0.39 is 0 Å². The Morgan fingerprint density at radius 3 is 2.83 bits per heavy atom. The molecule has 1 fully saturated rings. The van der Waals surface area contributed by atoms with Crippen LogP contribution in [-0.4, -0.2) is 37.1 Å². The molecule has 0 saturated carbocycles. The summed E-state index contributed by atoms with van der Waals surface area (Å²) in [6.45, 7) is 3.70. The molecule has 1 amide bonds. The molecule has 0 bridgehead atoms. The molecule has 18 heavy (non-hydrogen) atoms. The maximum atomic E-state index is 12.5. The number of amides is 1. The first-order chi connectivity index (χ1) is 8.63. The average molecular weight is 359 g/mol. The summed E-state index contributed by atoms with van der Waals surface area (Å²) in [5.41, 5.74) is 0.794. The highest BCUT2D eigenvalue weighted by Crippen LogP contribution is 2.22. The summed E-state index contributed by atoms with van der Waals surface area (Å²) in [5.74, 6) is 0.642. The molecule has 0 aliphatic carbocycles. The summed E-state index contributed by atoms with van der Waals surface area (Å²) in [6.07, 6.45) is 1.16. The van der Waals surface area contributed by atoms with Crippen molar-refractivity contribution >= 4 is 28.5 Å². The minimum Gasteiger partial charge on any atom is -0.379 e. The molecule has 1 aromatic rings. The van der Waals surface area contributed by atoms with Crippen LogP contribution in [0.15, 0.2) is 24.3 Å². The number of carbonyl (C=O) groups excluding carboxylic acids is 1. The molecule has 1 saturated heterocycles. The van der Waals surface area contributed by atoms with Crippen molar-refractivity contribution in [2.75, 3.05) is 20.2 Å². The first-order valence-corrected chi connectivity index (χ1v) is 7.28. The van der Waals surface area contributed by atoms with Crippen molar-refractivity contribution in [1.82, 2.24) is 4.90 Å². The van der Waals surface area contributed by atoms with Gasteiger partial charge in [0.15, 0.2) is 0 Å². The Morgan fingerprint density at radius 1 is 1.44 bits per heavy atom. The van der Waals surface area contributed by atoms with Crippen molar-refractivity contribution < 1.29 is 9.53 Å². The zero-order valence-corrected chi connectivity index (χ0v) is 12.9. The van der Waals surface area contributed by atoms with E-state index in [0.29, 0.717) is 12.5 Å². The quantitative estimate of drug-likeness (QED) is 0.760. The number of hydrogen-bond acceptors (Lipinski definition) is 2. The summed E-state index contributed by atoms with van der Waals surface area (Å²) in [4.78, 5) is 14.4. The van der Waals surface area contributed by atoms with Crippen LogP contribution >= 0.6 is 22.6 Å². The lowest BCUT2D eigenvalue weighted by Crippen LogP contribution is -2.46. The second-order valence-electron chi connectivity index (χ2n) is 4.77. The van der Waals surface area contributed by atoms with Crippen molar-refractivity contribution in [3.8, 4) is 0 Å². The van der Waals surface area contributed by atoms with Crippen molar-refractivity contribution in [1.29, 1.82) is 0 Å². The number of carbonyl (C=O) groups is 1. The molecule has 2 unspecified atom stereocenters. The van der Waals surface area contributed by atoms with E-state index in [0.717, 1.165) is 22.1 Å². The number of rotatable bonds is 2. The number of ether oxygens (including phenoxy) is 1. The Balaban J connectivity index is 2.13. The minimum atomic E-state index is 0.119. The lowest BCUT2D eigenvalue weighted by molar-refractivity contribution is -0.00160. The highest BCUT2D eigenvalue weighted by molar-refractivity contribution is 14.1. The number of likely N-dealkylation sites (tertiary alicyclic amines) is 1. The maximum Gasteiger partial charge on any atom is 0.255 e. The van der Waals surface area contributed by atoms with Gasteiger partial charge in [-0.15, -0.1) is 0 Å². The fourth-order valence-electron chi connectivity index (χ4n) is 2.33. The third kappa shape index (κ3) is 2.85. The van der Waals surface area contributed by atoms with Gasteiger partial charge in [0.25, 0.3) is 5.91 Å². The molecule has 0 spiro atoms. The van der Waals surface area contributed by atoms with E-state index in [2.05, 4.69) is 29.5 Å². The summed E-state index contributed by atoms with van der Waals surface area (Å²) < 4.78 is 6.46. The number of benzene rings is 1. The third-order valence-electron chi connectivity index (χ3n) is 3.58. The van der Waals surface area contributed by atoms with Crippen LogP contribution in [0, 0.1) is 9.49 Å². The molecule has 1 aliphatic heterocycles. The van der Waals surface area contributed by atoms with E-state index in [1.54, 1.807) is 7.11 Å². The molecule has 1 aromatic carbocycles. The maximum absolute atomic E-state index is 12.5. The largest absolute Gasteiger partial charge is 0.379 e. The van der Waals surface area contributed by atoms with E-state index in [4.69, 9.17) is 4.74 Å². The molecule has 2 atom stereocenters. The van der Waals surface area contributed by atoms with Crippen LogP contribution in [0.3, 0.4) is 0 Å². The standard InChI is InChI=1S/C14H18INO2/c1-10-7-8-16(9-13(10)18-2)14(17)11-5-3-4-6-12(11)15/h3-6,10,13H,7-9H2,1-2H3. The fourth-order valence-corrected chi connectivity index (χ4v) is 2.95. The zero-order chi connectivity index (χ0) is 13.1. The number of piperidine rings is 1. The van der Waals surface area contributed by atoms with E-state index in [1.165, 1.54) is 0 Å². The van der Waals surface area contributed by atoms with Crippen LogP contribution in [-0.2, 0) is 4.74 Å². The Hall–Kier alpha value is -0.620. The van der Waals surface area contributed by atoms with Gasteiger partial charge in [-0.05, 0) is 47.1 Å². The van der Waals surface area contributed by atoms with E-state index in [1.807, 2.05) is 29.2 Å². The van der Waals surface area contributed by atoms with E-state index in [9.17, 15) is 4.79 Å². The van der Waals surface area contributed by atoms with Crippen LogP contribution in [0.2, 0.25) is 0 Å². The van der Waals surface area contributed by atoms with Crippen LogP contribution in [0.1, 0.15) is 23.7 Å². The van der Waals surface area contributed by atoms with Gasteiger partial charge in [0.05, 0.1) is 11.7 Å². The molecule has 0 aromatic heterocycles. The number of halogens is 1. The number of hydrogen-bond donors (Lipinski definition) is 0. The Kier molecular flexibility index (Phi) is 4.61. The molecule has 98 valence electrons. The lowest BCUT2D eigenvalue weighted by Gasteiger charge is -2.36. The SMILES string of the molecule is COC1CN(C(=O)c2ccccc2I)CCC1C. The van der Waals surface area contributed by atoms with Gasteiger partial charge in [-0.25, -0.2) is 0 Å². The molecule has 3 nitrogen and oxygen atoms in total. The van der Waals surface area contributed by atoms with Gasteiger partial charge in [-0.1, -0.05) is 19.1 Å². The van der Waals surface area contributed by atoms with Gasteiger partial charge in [0.1, 0.15) is 0 Å². The second kappa shape index (κ2) is 6.02. The molecule has 2 rings (SSSR count). The monoisotopic (exact) mass is 359 g/mol. The van der Waals surface area contributed by atoms with Gasteiger partial charge < -0.3 is 9.64 Å². The molecule has 1 aliphatic rings. The molecule has 0 radical (unpaired) electrons. The Labute approximate surface area is 122 Å². The summed E-state index contributed by atoms with van der Waals surface area (Å²) in [5, 5.41) is 0. The molecule has 0 N–H and O–H groups in total. The topological polar surface area (TPSA) is 29.5 Å². The van der Waals surface area contributed by atoms with Gasteiger partial charge in [-0.2, -0.15) is 0 Å². The second-order valence-corrected chi connectivity index (χ2v) is 5.93. The van der Waals surface area contributed by atoms with Gasteiger partial charge in [0, 0.05) is 23.8 Å². The van der Waals surface area contributed by atoms with Crippen molar-refractivity contribution in [2.24, 2.45) is 5.92 Å². The van der Waals surface area contributed by atoms with Crippen molar-refractivity contribution in [3.05, 3.63) is 33.4 Å². The number of methoxy groups -OCH3 is 1. The first-order valence-electron chi connectivity index (χ1n) is 6.20. The highest BCUT2D eigenvalue weighted by atomic mass is 127. The molecular formula is C14H18INO2. The summed E-state index contributed by atoms with van der Waals surface area (Å²) in [7, 11) is 1.72. The summed E-state index contributed by atoms with van der Waals surface area (Å²) >= 11 is 2.21. The predicted octanol–water partition coefficient (Wildman–Crippen LogP) is 2.79. The highest BCUT2D eigenvalue weighted by Gasteiger charge is 2.29. The average Bonchev–Trinajstić information content (AvgIpc) is 2.39. The predicted molar refractivity (Wildman–Crippen MR) is 79.6 cm³/mol. The van der Waals surface area contributed by atoms with Crippen LogP contribution in [0.4, 0.5) is 0 Å². The van der Waals surface area contributed by atoms with Crippen LogP contribution in [0.25, 0.3) is 0 Å². The van der Waals surface area contributed by atoms with Gasteiger partial charge in [0.2, 0.25) is 0 Å². The van der Waals surface area contributed by atoms with Crippen molar-refractivity contribution in [2.45, 2.75) is 19.4 Å².